The molecule has 1 aromatic carbocycles. The van der Waals surface area contributed by atoms with Crippen molar-refractivity contribution in [3.63, 3.8) is 0 Å². The number of rotatable bonds is 6. The van der Waals surface area contributed by atoms with Gasteiger partial charge in [-0.15, -0.1) is 0 Å². The van der Waals surface area contributed by atoms with Crippen molar-refractivity contribution in [2.75, 3.05) is 19.7 Å². The number of aliphatic carboxylic acids is 1. The van der Waals surface area contributed by atoms with Crippen molar-refractivity contribution in [1.82, 2.24) is 15.5 Å². The van der Waals surface area contributed by atoms with Crippen molar-refractivity contribution < 1.29 is 24.2 Å². The highest BCUT2D eigenvalue weighted by molar-refractivity contribution is 5.79. The Kier molecular flexibility index (Phi) is 6.73. The summed E-state index contributed by atoms with van der Waals surface area (Å²) in [7, 11) is 0. The van der Waals surface area contributed by atoms with Crippen LogP contribution in [0.15, 0.2) is 30.3 Å². The normalized spacial score (nSPS) is 24.4. The van der Waals surface area contributed by atoms with Gasteiger partial charge in [0.1, 0.15) is 5.75 Å². The second-order valence-corrected chi connectivity index (χ2v) is 7.43. The van der Waals surface area contributed by atoms with E-state index in [4.69, 9.17) is 9.84 Å². The molecule has 1 aromatic rings. The molecule has 0 spiro atoms. The minimum absolute atomic E-state index is 0.00834. The molecule has 3 N–H and O–H groups in total. The Morgan fingerprint density at radius 2 is 1.68 bits per heavy atom. The maximum atomic E-state index is 12.3. The van der Waals surface area contributed by atoms with Gasteiger partial charge in [-0.05, 0) is 44.2 Å². The molecule has 1 aliphatic heterocycles. The largest absolute Gasteiger partial charge is 0.484 e. The number of carbonyl (C=O) groups excluding carboxylic acids is 2. The fourth-order valence-corrected chi connectivity index (χ4v) is 3.75. The minimum Gasteiger partial charge on any atom is -0.484 e. The first-order chi connectivity index (χ1) is 13.5. The Morgan fingerprint density at radius 1 is 1.00 bits per heavy atom. The third-order valence-corrected chi connectivity index (χ3v) is 5.39. The number of urea groups is 1. The van der Waals surface area contributed by atoms with Crippen LogP contribution < -0.4 is 15.4 Å². The number of likely N-dealkylation sites (tertiary alicyclic amines) is 1. The van der Waals surface area contributed by atoms with E-state index in [2.05, 4.69) is 10.6 Å². The molecule has 1 atom stereocenters. The quantitative estimate of drug-likeness (QED) is 0.685. The van der Waals surface area contributed by atoms with Crippen LogP contribution in [0.3, 0.4) is 0 Å². The van der Waals surface area contributed by atoms with Crippen LogP contribution in [-0.2, 0) is 9.59 Å². The van der Waals surface area contributed by atoms with E-state index < -0.39 is 5.97 Å². The van der Waals surface area contributed by atoms with Crippen LogP contribution >= 0.6 is 0 Å². The number of carboxylic acids is 1. The standard InChI is InChI=1S/C20H27N3O5/c24-18(13-28-17-4-2-1-3-5-17)23-11-10-16(12-23)22-20(27)21-15-8-6-14(7-9-15)19(25)26/h1-5,14-16H,6-13H2,(H,25,26)(H2,21,22,27). The van der Waals surface area contributed by atoms with E-state index in [-0.39, 0.29) is 36.5 Å². The lowest BCUT2D eigenvalue weighted by molar-refractivity contribution is -0.142. The minimum atomic E-state index is -0.755. The highest BCUT2D eigenvalue weighted by Crippen LogP contribution is 2.24. The van der Waals surface area contributed by atoms with E-state index in [9.17, 15) is 14.4 Å². The summed E-state index contributed by atoms with van der Waals surface area (Å²) < 4.78 is 5.49. The Bertz CT molecular complexity index is 688. The van der Waals surface area contributed by atoms with E-state index in [0.29, 0.717) is 50.9 Å². The lowest BCUT2D eigenvalue weighted by Gasteiger charge is -2.27. The maximum Gasteiger partial charge on any atom is 0.315 e. The molecule has 1 aliphatic carbocycles. The van der Waals surface area contributed by atoms with Gasteiger partial charge in [-0.25, -0.2) is 4.79 Å². The highest BCUT2D eigenvalue weighted by atomic mass is 16.5. The molecule has 152 valence electrons. The molecule has 2 aliphatic rings. The molecular formula is C20H27N3O5. The summed E-state index contributed by atoms with van der Waals surface area (Å²) in [6, 6.07) is 8.86. The summed E-state index contributed by atoms with van der Waals surface area (Å²) in [5, 5.41) is 14.9. The van der Waals surface area contributed by atoms with Gasteiger partial charge in [-0.2, -0.15) is 0 Å². The third-order valence-electron chi connectivity index (χ3n) is 5.39. The molecule has 0 aromatic heterocycles. The van der Waals surface area contributed by atoms with Crippen LogP contribution in [-0.4, -0.2) is 59.7 Å². The maximum absolute atomic E-state index is 12.3. The molecule has 1 saturated carbocycles. The topological polar surface area (TPSA) is 108 Å². The number of nitrogens with one attached hydrogen (secondary N) is 2. The number of benzene rings is 1. The highest BCUT2D eigenvalue weighted by Gasteiger charge is 2.29. The zero-order valence-corrected chi connectivity index (χ0v) is 15.8. The van der Waals surface area contributed by atoms with E-state index in [1.54, 1.807) is 17.0 Å². The summed E-state index contributed by atoms with van der Waals surface area (Å²) in [5.41, 5.74) is 0. The van der Waals surface area contributed by atoms with Crippen molar-refractivity contribution in [2.24, 2.45) is 5.92 Å². The monoisotopic (exact) mass is 389 g/mol. The number of ether oxygens (including phenoxy) is 1. The number of hydrogen-bond acceptors (Lipinski definition) is 4. The smallest absolute Gasteiger partial charge is 0.315 e. The van der Waals surface area contributed by atoms with Crippen LogP contribution in [0.2, 0.25) is 0 Å². The predicted octanol–water partition coefficient (Wildman–Crippen LogP) is 1.61. The molecule has 3 rings (SSSR count). The van der Waals surface area contributed by atoms with Gasteiger partial charge >= 0.3 is 12.0 Å². The van der Waals surface area contributed by atoms with E-state index in [0.717, 1.165) is 0 Å². The second kappa shape index (κ2) is 9.43. The van der Waals surface area contributed by atoms with Crippen molar-refractivity contribution in [3.05, 3.63) is 30.3 Å². The van der Waals surface area contributed by atoms with Gasteiger partial charge in [0.05, 0.1) is 5.92 Å². The molecule has 1 unspecified atom stereocenters. The molecule has 1 heterocycles. The summed E-state index contributed by atoms with van der Waals surface area (Å²) >= 11 is 0. The van der Waals surface area contributed by atoms with Gasteiger partial charge in [-0.1, -0.05) is 18.2 Å². The molecule has 1 saturated heterocycles. The zero-order valence-electron chi connectivity index (χ0n) is 15.8. The van der Waals surface area contributed by atoms with Crippen molar-refractivity contribution in [3.8, 4) is 5.75 Å². The fraction of sp³-hybridized carbons (Fsp3) is 0.550. The number of amides is 3. The van der Waals surface area contributed by atoms with Crippen LogP contribution in [0.1, 0.15) is 32.1 Å². The number of hydrogen-bond donors (Lipinski definition) is 3. The first-order valence-corrected chi connectivity index (χ1v) is 9.76. The van der Waals surface area contributed by atoms with Crippen molar-refractivity contribution in [2.45, 2.75) is 44.2 Å². The summed E-state index contributed by atoms with van der Waals surface area (Å²) in [6.07, 6.45) is 3.24. The average molecular weight is 389 g/mol. The van der Waals surface area contributed by atoms with Gasteiger partial charge in [-0.3, -0.25) is 9.59 Å². The van der Waals surface area contributed by atoms with E-state index in [1.807, 2.05) is 18.2 Å². The number of carbonyl (C=O) groups is 3. The molecule has 0 bridgehead atoms. The zero-order chi connectivity index (χ0) is 19.9. The molecule has 28 heavy (non-hydrogen) atoms. The van der Waals surface area contributed by atoms with Crippen molar-refractivity contribution >= 4 is 17.9 Å². The van der Waals surface area contributed by atoms with E-state index in [1.165, 1.54) is 0 Å². The van der Waals surface area contributed by atoms with Crippen molar-refractivity contribution in [1.29, 1.82) is 0 Å². The Morgan fingerprint density at radius 3 is 2.36 bits per heavy atom. The SMILES string of the molecule is O=C(NC1CCC(C(=O)O)CC1)NC1CCN(C(=O)COc2ccccc2)C1. The Hall–Kier alpha value is -2.77. The second-order valence-electron chi connectivity index (χ2n) is 7.43. The molecule has 8 nitrogen and oxygen atoms in total. The number of carboxylic acid groups (broad SMARTS) is 1. The van der Waals surface area contributed by atoms with Crippen LogP contribution in [0.5, 0.6) is 5.75 Å². The van der Waals surface area contributed by atoms with Crippen LogP contribution in [0, 0.1) is 5.92 Å². The lowest BCUT2D eigenvalue weighted by Crippen LogP contribution is -2.48. The van der Waals surface area contributed by atoms with Crippen LogP contribution in [0.4, 0.5) is 4.79 Å². The Labute approximate surface area is 164 Å². The first-order valence-electron chi connectivity index (χ1n) is 9.76. The van der Waals surface area contributed by atoms with Gasteiger partial charge in [0.15, 0.2) is 6.61 Å². The molecule has 0 radical (unpaired) electrons. The summed E-state index contributed by atoms with van der Waals surface area (Å²) in [6.45, 7) is 1.04. The average Bonchev–Trinajstić information content (AvgIpc) is 3.15. The number of nitrogens with zero attached hydrogens (tertiary/aromatic N) is 1. The summed E-state index contributed by atoms with van der Waals surface area (Å²) in [5.74, 6) is -0.495. The van der Waals surface area contributed by atoms with Gasteiger partial charge < -0.3 is 25.4 Å². The molecule has 3 amide bonds. The first kappa shape index (κ1) is 20.0. The number of para-hydroxylation sites is 1. The van der Waals surface area contributed by atoms with E-state index >= 15 is 0 Å². The molecule has 2 fully saturated rings. The fourth-order valence-electron chi connectivity index (χ4n) is 3.75. The lowest BCUT2D eigenvalue weighted by atomic mass is 9.86. The molecule has 8 heteroatoms. The molecular weight excluding hydrogens is 362 g/mol. The van der Waals surface area contributed by atoms with Gasteiger partial charge in [0.2, 0.25) is 0 Å². The van der Waals surface area contributed by atoms with Crippen LogP contribution in [0.25, 0.3) is 0 Å². The van der Waals surface area contributed by atoms with Gasteiger partial charge in [0.25, 0.3) is 5.91 Å². The Balaban J connectivity index is 1.35. The predicted molar refractivity (Wildman–Crippen MR) is 102 cm³/mol. The van der Waals surface area contributed by atoms with Gasteiger partial charge in [0, 0.05) is 25.2 Å². The summed E-state index contributed by atoms with van der Waals surface area (Å²) in [4.78, 5) is 37.2. The third kappa shape index (κ3) is 5.61.